The van der Waals surface area contributed by atoms with E-state index in [0.717, 1.165) is 11.3 Å². The Bertz CT molecular complexity index is 810. The molecule has 1 N–H and O–H groups in total. The number of rotatable bonds is 8. The number of anilines is 1. The Morgan fingerprint density at radius 2 is 1.81 bits per heavy atom. The van der Waals surface area contributed by atoms with Crippen LogP contribution in [0.1, 0.15) is 12.5 Å². The van der Waals surface area contributed by atoms with Crippen molar-refractivity contribution in [1.82, 2.24) is 5.32 Å². The summed E-state index contributed by atoms with van der Waals surface area (Å²) in [5.41, 5.74) is 1.55. The Morgan fingerprint density at radius 1 is 1.11 bits per heavy atom. The molecule has 6 nitrogen and oxygen atoms in total. The molecule has 7 heteroatoms. The summed E-state index contributed by atoms with van der Waals surface area (Å²) in [6.07, 6.45) is 0. The van der Waals surface area contributed by atoms with Crippen LogP contribution in [-0.4, -0.2) is 38.6 Å². The quantitative estimate of drug-likeness (QED) is 0.751. The van der Waals surface area contributed by atoms with E-state index in [1.165, 1.54) is 14.0 Å². The van der Waals surface area contributed by atoms with E-state index < -0.39 is 0 Å². The van der Waals surface area contributed by atoms with Gasteiger partial charge in [-0.3, -0.25) is 9.59 Å². The molecule has 0 aliphatic carbocycles. The van der Waals surface area contributed by atoms with Crippen LogP contribution in [0.5, 0.6) is 11.5 Å². The first kappa shape index (κ1) is 20.6. The summed E-state index contributed by atoms with van der Waals surface area (Å²) in [4.78, 5) is 25.6. The lowest BCUT2D eigenvalue weighted by atomic mass is 10.1. The average molecular weight is 391 g/mol. The SMILES string of the molecule is COc1ccccc1OCC(=O)NCCN(C(C)=O)c1cccc(Cl)c1C. The molecule has 2 rings (SSSR count). The number of methoxy groups -OCH3 is 1. The number of hydrogen-bond donors (Lipinski definition) is 1. The molecule has 0 saturated heterocycles. The third-order valence-corrected chi connectivity index (χ3v) is 4.40. The second kappa shape index (κ2) is 9.83. The predicted molar refractivity (Wildman–Crippen MR) is 106 cm³/mol. The highest BCUT2D eigenvalue weighted by Crippen LogP contribution is 2.27. The molecule has 0 bridgehead atoms. The van der Waals surface area contributed by atoms with E-state index in [-0.39, 0.29) is 18.4 Å². The fourth-order valence-corrected chi connectivity index (χ4v) is 2.75. The Morgan fingerprint density at radius 3 is 2.48 bits per heavy atom. The Hall–Kier alpha value is -2.73. The van der Waals surface area contributed by atoms with Gasteiger partial charge in [0.2, 0.25) is 5.91 Å². The third kappa shape index (κ3) is 5.62. The number of nitrogens with zero attached hydrogens (tertiary/aromatic N) is 1. The molecule has 0 aliphatic rings. The molecule has 0 atom stereocenters. The van der Waals surface area contributed by atoms with Crippen LogP contribution in [0, 0.1) is 6.92 Å². The van der Waals surface area contributed by atoms with Crippen LogP contribution in [0.15, 0.2) is 42.5 Å². The fraction of sp³-hybridized carbons (Fsp3) is 0.300. The van der Waals surface area contributed by atoms with Crippen molar-refractivity contribution in [3.05, 3.63) is 53.1 Å². The molecule has 0 fully saturated rings. The molecule has 0 saturated carbocycles. The number of benzene rings is 2. The van der Waals surface area contributed by atoms with Crippen LogP contribution < -0.4 is 19.7 Å². The van der Waals surface area contributed by atoms with Gasteiger partial charge in [-0.1, -0.05) is 29.8 Å². The van der Waals surface area contributed by atoms with Crippen molar-refractivity contribution >= 4 is 29.1 Å². The van der Waals surface area contributed by atoms with Crippen LogP contribution in [0.25, 0.3) is 0 Å². The van der Waals surface area contributed by atoms with E-state index in [0.29, 0.717) is 29.6 Å². The summed E-state index contributed by atoms with van der Waals surface area (Å²) in [5.74, 6) is 0.645. The maximum atomic E-state index is 12.0. The first-order valence-corrected chi connectivity index (χ1v) is 8.87. The predicted octanol–water partition coefficient (Wildman–Crippen LogP) is 3.21. The third-order valence-electron chi connectivity index (χ3n) is 4.00. The summed E-state index contributed by atoms with van der Waals surface area (Å²) < 4.78 is 10.7. The smallest absolute Gasteiger partial charge is 0.258 e. The number of hydrogen-bond acceptors (Lipinski definition) is 4. The van der Waals surface area contributed by atoms with Crippen LogP contribution >= 0.6 is 11.6 Å². The lowest BCUT2D eigenvalue weighted by molar-refractivity contribution is -0.123. The number of carbonyl (C=O) groups is 2. The van der Waals surface area contributed by atoms with Crippen LogP contribution in [0.4, 0.5) is 5.69 Å². The second-order valence-electron chi connectivity index (χ2n) is 5.84. The molecule has 0 aromatic heterocycles. The highest BCUT2D eigenvalue weighted by atomic mass is 35.5. The number of amides is 2. The highest BCUT2D eigenvalue weighted by molar-refractivity contribution is 6.31. The number of halogens is 1. The van der Waals surface area contributed by atoms with Gasteiger partial charge >= 0.3 is 0 Å². The van der Waals surface area contributed by atoms with Crippen LogP contribution in [-0.2, 0) is 9.59 Å². The lowest BCUT2D eigenvalue weighted by Crippen LogP contribution is -2.39. The molecule has 2 aromatic rings. The van der Waals surface area contributed by atoms with E-state index in [9.17, 15) is 9.59 Å². The maximum absolute atomic E-state index is 12.0. The van der Waals surface area contributed by atoms with Gasteiger partial charge < -0.3 is 19.7 Å². The first-order valence-electron chi connectivity index (χ1n) is 8.49. The maximum Gasteiger partial charge on any atom is 0.258 e. The molecule has 0 unspecified atom stereocenters. The van der Waals surface area contributed by atoms with Crippen molar-refractivity contribution < 1.29 is 19.1 Å². The molecule has 0 radical (unpaired) electrons. The molecule has 144 valence electrons. The van der Waals surface area contributed by atoms with E-state index in [1.807, 2.05) is 19.1 Å². The van der Waals surface area contributed by atoms with Crippen LogP contribution in [0.2, 0.25) is 5.02 Å². The van der Waals surface area contributed by atoms with Gasteiger partial charge in [0.15, 0.2) is 18.1 Å². The van der Waals surface area contributed by atoms with E-state index in [2.05, 4.69) is 5.32 Å². The van der Waals surface area contributed by atoms with E-state index in [1.54, 1.807) is 35.2 Å². The molecule has 0 heterocycles. The van der Waals surface area contributed by atoms with Crippen molar-refractivity contribution in [1.29, 1.82) is 0 Å². The standard InChI is InChI=1S/C20H23ClN2O4/c1-14-16(21)7-6-8-17(14)23(15(2)24)12-11-22-20(25)13-27-19-10-5-4-9-18(19)26-3/h4-10H,11-13H2,1-3H3,(H,22,25). The van der Waals surface area contributed by atoms with E-state index >= 15 is 0 Å². The van der Waals surface area contributed by atoms with Crippen molar-refractivity contribution in [3.8, 4) is 11.5 Å². The molecular formula is C20H23ClN2O4. The van der Waals surface area contributed by atoms with E-state index in [4.69, 9.17) is 21.1 Å². The Balaban J connectivity index is 1.88. The summed E-state index contributed by atoms with van der Waals surface area (Å²) in [6.45, 7) is 3.81. The van der Waals surface area contributed by atoms with Gasteiger partial charge in [-0.25, -0.2) is 0 Å². The first-order chi connectivity index (χ1) is 12.9. The van der Waals surface area contributed by atoms with Gasteiger partial charge in [-0.05, 0) is 36.8 Å². The topological polar surface area (TPSA) is 67.9 Å². The Labute approximate surface area is 164 Å². The zero-order chi connectivity index (χ0) is 19.8. The molecular weight excluding hydrogens is 368 g/mol. The van der Waals surface area contributed by atoms with Crippen molar-refractivity contribution in [2.24, 2.45) is 0 Å². The number of para-hydroxylation sites is 2. The van der Waals surface area contributed by atoms with Gasteiger partial charge in [0.25, 0.3) is 5.91 Å². The zero-order valence-corrected chi connectivity index (χ0v) is 16.4. The second-order valence-corrected chi connectivity index (χ2v) is 6.25. The molecule has 2 amide bonds. The molecule has 0 spiro atoms. The van der Waals surface area contributed by atoms with Gasteiger partial charge in [0, 0.05) is 30.7 Å². The van der Waals surface area contributed by atoms with Crippen LogP contribution in [0.3, 0.4) is 0 Å². The minimum absolute atomic E-state index is 0.125. The number of carbonyl (C=O) groups excluding carboxylic acids is 2. The minimum Gasteiger partial charge on any atom is -0.493 e. The summed E-state index contributed by atoms with van der Waals surface area (Å²) in [5, 5.41) is 3.34. The van der Waals surface area contributed by atoms with Gasteiger partial charge in [-0.2, -0.15) is 0 Å². The minimum atomic E-state index is -0.285. The van der Waals surface area contributed by atoms with Gasteiger partial charge in [0.1, 0.15) is 0 Å². The molecule has 0 aliphatic heterocycles. The van der Waals surface area contributed by atoms with Crippen molar-refractivity contribution in [2.75, 3.05) is 31.7 Å². The number of ether oxygens (including phenoxy) is 2. The molecule has 27 heavy (non-hydrogen) atoms. The van der Waals surface area contributed by atoms with Gasteiger partial charge in [0.05, 0.1) is 7.11 Å². The number of nitrogens with one attached hydrogen (secondary N) is 1. The van der Waals surface area contributed by atoms with Gasteiger partial charge in [-0.15, -0.1) is 0 Å². The zero-order valence-electron chi connectivity index (χ0n) is 15.6. The normalized spacial score (nSPS) is 10.2. The van der Waals surface area contributed by atoms with Crippen molar-refractivity contribution in [2.45, 2.75) is 13.8 Å². The summed E-state index contributed by atoms with van der Waals surface area (Å²) in [6, 6.07) is 12.5. The molecule has 2 aromatic carbocycles. The van der Waals surface area contributed by atoms with Crippen molar-refractivity contribution in [3.63, 3.8) is 0 Å². The monoisotopic (exact) mass is 390 g/mol. The average Bonchev–Trinajstić information content (AvgIpc) is 2.66. The lowest BCUT2D eigenvalue weighted by Gasteiger charge is -2.23. The summed E-state index contributed by atoms with van der Waals surface area (Å²) >= 11 is 6.14. The highest BCUT2D eigenvalue weighted by Gasteiger charge is 2.15. The summed E-state index contributed by atoms with van der Waals surface area (Å²) in [7, 11) is 1.54. The fourth-order valence-electron chi connectivity index (χ4n) is 2.58. The largest absolute Gasteiger partial charge is 0.493 e. The Kier molecular flexibility index (Phi) is 7.49.